The molecule has 0 radical (unpaired) electrons. The van der Waals surface area contributed by atoms with Gasteiger partial charge in [-0.3, -0.25) is 4.79 Å². The van der Waals surface area contributed by atoms with Crippen LogP contribution >= 0.6 is 0 Å². The van der Waals surface area contributed by atoms with Crippen molar-refractivity contribution >= 4 is 16.8 Å². The zero-order valence-corrected chi connectivity index (χ0v) is 12.9. The Morgan fingerprint density at radius 1 is 1.17 bits per heavy atom. The van der Waals surface area contributed by atoms with Crippen molar-refractivity contribution in [1.82, 2.24) is 9.88 Å². The predicted octanol–water partition coefficient (Wildman–Crippen LogP) is 3.34. The van der Waals surface area contributed by atoms with Crippen molar-refractivity contribution in [2.75, 3.05) is 13.7 Å². The first-order valence-corrected chi connectivity index (χ1v) is 7.54. The van der Waals surface area contributed by atoms with E-state index in [2.05, 4.69) is 5.32 Å². The van der Waals surface area contributed by atoms with Gasteiger partial charge in [-0.05, 0) is 29.8 Å². The number of aromatic nitrogens is 1. The Balaban J connectivity index is 2.04. The number of nitrogens with one attached hydrogen (secondary N) is 1. The van der Waals surface area contributed by atoms with Crippen LogP contribution in [0.3, 0.4) is 0 Å². The molecule has 6 heteroatoms. The highest BCUT2D eigenvalue weighted by Gasteiger charge is 2.25. The van der Waals surface area contributed by atoms with Crippen LogP contribution in [-0.4, -0.2) is 24.1 Å². The lowest BCUT2D eigenvalue weighted by molar-refractivity contribution is 0.0929. The molecule has 1 aliphatic heterocycles. The standard InChI is InChI=1S/C18H14F2N2O2/c1-24-11-4-2-10(3-5-11)12-8-14(19)16(20)13-9-15-18(23)21-6-7-22(15)17(12)13/h2-5,8-9H,6-7H2,1H3,(H,21,23). The molecule has 1 aromatic heterocycles. The van der Waals surface area contributed by atoms with Gasteiger partial charge in [-0.2, -0.15) is 0 Å². The van der Waals surface area contributed by atoms with Crippen molar-refractivity contribution < 1.29 is 18.3 Å². The zero-order chi connectivity index (χ0) is 16.8. The van der Waals surface area contributed by atoms with Gasteiger partial charge in [-0.1, -0.05) is 12.1 Å². The quantitative estimate of drug-likeness (QED) is 0.784. The summed E-state index contributed by atoms with van der Waals surface area (Å²) in [5.74, 6) is -1.47. The number of fused-ring (bicyclic) bond motifs is 3. The number of ether oxygens (including phenoxy) is 1. The van der Waals surface area contributed by atoms with Crippen LogP contribution in [-0.2, 0) is 6.54 Å². The van der Waals surface area contributed by atoms with Crippen LogP contribution in [0.1, 0.15) is 10.5 Å². The molecule has 1 aliphatic rings. The lowest BCUT2D eigenvalue weighted by Gasteiger charge is -2.18. The van der Waals surface area contributed by atoms with E-state index >= 15 is 0 Å². The van der Waals surface area contributed by atoms with E-state index in [0.717, 1.165) is 5.56 Å². The topological polar surface area (TPSA) is 43.3 Å². The molecule has 2 aromatic carbocycles. The van der Waals surface area contributed by atoms with Gasteiger partial charge < -0.3 is 14.6 Å². The third-order valence-electron chi connectivity index (χ3n) is 4.32. The van der Waals surface area contributed by atoms with Gasteiger partial charge in [0, 0.05) is 24.0 Å². The second-order valence-electron chi connectivity index (χ2n) is 5.65. The minimum Gasteiger partial charge on any atom is -0.497 e. The molecule has 0 fully saturated rings. The van der Waals surface area contributed by atoms with Crippen molar-refractivity contribution in [2.45, 2.75) is 6.54 Å². The monoisotopic (exact) mass is 328 g/mol. The van der Waals surface area contributed by atoms with Gasteiger partial charge in [0.05, 0.1) is 12.6 Å². The molecule has 2 heterocycles. The number of methoxy groups -OCH3 is 1. The summed E-state index contributed by atoms with van der Waals surface area (Å²) in [5, 5.41) is 2.83. The minimum absolute atomic E-state index is 0.118. The molecule has 0 saturated carbocycles. The van der Waals surface area contributed by atoms with E-state index in [1.807, 2.05) is 0 Å². The molecule has 1 N–H and O–H groups in total. The second kappa shape index (κ2) is 5.33. The Bertz CT molecular complexity index is 962. The number of carbonyl (C=O) groups excluding carboxylic acids is 1. The highest BCUT2D eigenvalue weighted by atomic mass is 19.2. The molecule has 0 aliphatic carbocycles. The third kappa shape index (κ3) is 2.06. The summed E-state index contributed by atoms with van der Waals surface area (Å²) in [5.41, 5.74) is 2.15. The molecule has 4 nitrogen and oxygen atoms in total. The average Bonchev–Trinajstić information content (AvgIpc) is 3.00. The fraction of sp³-hybridized carbons (Fsp3) is 0.167. The molecule has 1 amide bonds. The summed E-state index contributed by atoms with van der Waals surface area (Å²) in [7, 11) is 1.56. The van der Waals surface area contributed by atoms with E-state index in [4.69, 9.17) is 4.74 Å². The van der Waals surface area contributed by atoms with Gasteiger partial charge >= 0.3 is 0 Å². The molecule has 0 atom stereocenters. The van der Waals surface area contributed by atoms with Crippen molar-refractivity contribution in [3.63, 3.8) is 0 Å². The maximum Gasteiger partial charge on any atom is 0.268 e. The smallest absolute Gasteiger partial charge is 0.268 e. The molecule has 4 rings (SSSR count). The first kappa shape index (κ1) is 14.7. The summed E-state index contributed by atoms with van der Waals surface area (Å²) in [6.07, 6.45) is 0. The van der Waals surface area contributed by atoms with Gasteiger partial charge in [0.1, 0.15) is 11.4 Å². The Morgan fingerprint density at radius 3 is 2.62 bits per heavy atom. The lowest BCUT2D eigenvalue weighted by Crippen LogP contribution is -2.34. The van der Waals surface area contributed by atoms with Crippen molar-refractivity contribution in [3.8, 4) is 16.9 Å². The fourth-order valence-electron chi connectivity index (χ4n) is 3.18. The molecule has 0 unspecified atom stereocenters. The van der Waals surface area contributed by atoms with Crippen LogP contribution in [0.15, 0.2) is 36.4 Å². The second-order valence-corrected chi connectivity index (χ2v) is 5.65. The number of carbonyl (C=O) groups is 1. The Hall–Kier alpha value is -2.89. The summed E-state index contributed by atoms with van der Waals surface area (Å²) in [6, 6.07) is 9.68. The number of hydrogen-bond acceptors (Lipinski definition) is 2. The Labute approximate surface area is 136 Å². The molecular formula is C18H14F2N2O2. The number of nitrogens with zero attached hydrogens (tertiary/aromatic N) is 1. The van der Waals surface area contributed by atoms with Crippen LogP contribution in [0.25, 0.3) is 22.0 Å². The minimum atomic E-state index is -0.934. The number of amides is 1. The average molecular weight is 328 g/mol. The Kier molecular flexibility index (Phi) is 3.26. The summed E-state index contributed by atoms with van der Waals surface area (Å²) < 4.78 is 35.3. The molecule has 24 heavy (non-hydrogen) atoms. The van der Waals surface area contributed by atoms with Crippen LogP contribution in [0.5, 0.6) is 5.75 Å². The van der Waals surface area contributed by atoms with E-state index in [9.17, 15) is 13.6 Å². The lowest BCUT2D eigenvalue weighted by atomic mass is 10.0. The molecule has 0 spiro atoms. The van der Waals surface area contributed by atoms with E-state index in [-0.39, 0.29) is 11.3 Å². The van der Waals surface area contributed by atoms with Crippen LogP contribution in [0.4, 0.5) is 8.78 Å². The summed E-state index contributed by atoms with van der Waals surface area (Å²) >= 11 is 0. The highest BCUT2D eigenvalue weighted by molar-refractivity contribution is 6.04. The molecule has 3 aromatic rings. The Morgan fingerprint density at radius 2 is 1.92 bits per heavy atom. The summed E-state index contributed by atoms with van der Waals surface area (Å²) in [6.45, 7) is 0.968. The number of benzene rings is 2. The van der Waals surface area contributed by atoms with Gasteiger partial charge in [-0.25, -0.2) is 8.78 Å². The SMILES string of the molecule is COc1ccc(-c2cc(F)c(F)c3cc4n(c23)CCNC4=O)cc1. The molecule has 0 saturated heterocycles. The first-order valence-electron chi connectivity index (χ1n) is 7.54. The zero-order valence-electron chi connectivity index (χ0n) is 12.9. The number of halogens is 2. The van der Waals surface area contributed by atoms with E-state index < -0.39 is 11.6 Å². The molecule has 122 valence electrons. The van der Waals surface area contributed by atoms with Gasteiger partial charge in [0.25, 0.3) is 5.91 Å². The first-order chi connectivity index (χ1) is 11.6. The highest BCUT2D eigenvalue weighted by Crippen LogP contribution is 2.35. The van der Waals surface area contributed by atoms with Crippen LogP contribution in [0.2, 0.25) is 0 Å². The fourth-order valence-corrected chi connectivity index (χ4v) is 3.18. The van der Waals surface area contributed by atoms with Crippen molar-refractivity contribution in [1.29, 1.82) is 0 Å². The van der Waals surface area contributed by atoms with E-state index in [0.29, 0.717) is 35.6 Å². The molecule has 0 bridgehead atoms. The van der Waals surface area contributed by atoms with Crippen LogP contribution in [0, 0.1) is 11.6 Å². The van der Waals surface area contributed by atoms with E-state index in [1.165, 1.54) is 12.1 Å². The van der Waals surface area contributed by atoms with Crippen LogP contribution < -0.4 is 10.1 Å². The normalized spacial score (nSPS) is 13.7. The largest absolute Gasteiger partial charge is 0.497 e. The molecular weight excluding hydrogens is 314 g/mol. The summed E-state index contributed by atoms with van der Waals surface area (Å²) in [4.78, 5) is 12.0. The maximum absolute atomic E-state index is 14.3. The van der Waals surface area contributed by atoms with Crippen molar-refractivity contribution in [3.05, 3.63) is 53.7 Å². The van der Waals surface area contributed by atoms with E-state index in [1.54, 1.807) is 35.9 Å². The van der Waals surface area contributed by atoms with Crippen molar-refractivity contribution in [2.24, 2.45) is 0 Å². The van der Waals surface area contributed by atoms with Gasteiger partial charge in [-0.15, -0.1) is 0 Å². The maximum atomic E-state index is 14.3. The van der Waals surface area contributed by atoms with Gasteiger partial charge in [0.15, 0.2) is 11.6 Å². The number of hydrogen-bond donors (Lipinski definition) is 1. The van der Waals surface area contributed by atoms with Gasteiger partial charge in [0.2, 0.25) is 0 Å². The predicted molar refractivity (Wildman–Crippen MR) is 86.2 cm³/mol. The third-order valence-corrected chi connectivity index (χ3v) is 4.32. The number of rotatable bonds is 2.